The van der Waals surface area contributed by atoms with Crippen molar-refractivity contribution in [2.24, 2.45) is 11.5 Å². The van der Waals surface area contributed by atoms with E-state index in [0.29, 0.717) is 12.1 Å². The first-order valence-electron chi connectivity index (χ1n) is 5.52. The zero-order chi connectivity index (χ0) is 12.5. The van der Waals surface area contributed by atoms with Crippen molar-refractivity contribution in [2.75, 3.05) is 5.73 Å². The fraction of sp³-hybridized carbons (Fsp3) is 0.143. The van der Waals surface area contributed by atoms with Gasteiger partial charge in [-0.05, 0) is 24.1 Å². The lowest BCUT2D eigenvalue weighted by atomic mass is 9.81. The van der Waals surface area contributed by atoms with Gasteiger partial charge in [-0.3, -0.25) is 0 Å². The third-order valence-corrected chi connectivity index (χ3v) is 3.09. The summed E-state index contributed by atoms with van der Waals surface area (Å²) in [4.78, 5) is 0. The lowest BCUT2D eigenvalue weighted by molar-refractivity contribution is 0.561. The Morgan fingerprint density at radius 3 is 2.65 bits per heavy atom. The minimum atomic E-state index is -0.554. The molecule has 2 rings (SSSR count). The molecule has 0 radical (unpaired) electrons. The second kappa shape index (κ2) is 4.11. The summed E-state index contributed by atoms with van der Waals surface area (Å²) in [6.07, 6.45) is 8.09. The van der Waals surface area contributed by atoms with Crippen LogP contribution in [0.5, 0.6) is 0 Å². The molecule has 0 saturated carbocycles. The number of rotatable bonds is 2. The molecule has 3 nitrogen and oxygen atoms in total. The number of nitrogen functional groups attached to an aromatic ring is 1. The Kier molecular flexibility index (Phi) is 2.77. The molecule has 0 saturated heterocycles. The Morgan fingerprint density at radius 2 is 2.06 bits per heavy atom. The van der Waals surface area contributed by atoms with Crippen LogP contribution in [-0.4, -0.2) is 0 Å². The highest BCUT2D eigenvalue weighted by molar-refractivity contribution is 5.68. The minimum Gasteiger partial charge on any atom is -0.399 e. The van der Waals surface area contributed by atoms with Crippen LogP contribution in [-0.2, 0) is 5.54 Å². The van der Waals surface area contributed by atoms with E-state index < -0.39 is 5.54 Å². The smallest absolute Gasteiger partial charge is 0.0641 e. The van der Waals surface area contributed by atoms with E-state index in [1.165, 1.54) is 0 Å². The van der Waals surface area contributed by atoms with Crippen LogP contribution in [0.3, 0.4) is 0 Å². The van der Waals surface area contributed by atoms with Crippen LogP contribution in [0.1, 0.15) is 17.5 Å². The zero-order valence-corrected chi connectivity index (χ0v) is 9.69. The molecule has 0 aliphatic heterocycles. The molecule has 1 aliphatic rings. The summed E-state index contributed by atoms with van der Waals surface area (Å²) < 4.78 is 0. The summed E-state index contributed by atoms with van der Waals surface area (Å²) >= 11 is 0. The summed E-state index contributed by atoms with van der Waals surface area (Å²) in [5.41, 5.74) is 20.8. The zero-order valence-electron chi connectivity index (χ0n) is 9.69. The Balaban J connectivity index is 2.51. The molecule has 88 valence electrons. The van der Waals surface area contributed by atoms with Crippen molar-refractivity contribution in [3.63, 3.8) is 0 Å². The standard InChI is InChI=1S/C14H17N3/c1-2-11-12(4-3-5-13(11)16)14(17)8-6-10(15)7-9-14/h2-8H,1,9,15-17H2. The molecule has 1 atom stereocenters. The van der Waals surface area contributed by atoms with E-state index in [1.807, 2.05) is 36.4 Å². The van der Waals surface area contributed by atoms with E-state index in [0.717, 1.165) is 16.8 Å². The van der Waals surface area contributed by atoms with Crippen molar-refractivity contribution in [3.8, 4) is 0 Å². The van der Waals surface area contributed by atoms with Crippen molar-refractivity contribution < 1.29 is 0 Å². The maximum Gasteiger partial charge on any atom is 0.0641 e. The van der Waals surface area contributed by atoms with Gasteiger partial charge in [0.15, 0.2) is 0 Å². The molecule has 0 spiro atoms. The minimum absolute atomic E-state index is 0.554. The molecule has 0 fully saturated rings. The molecular weight excluding hydrogens is 210 g/mol. The van der Waals surface area contributed by atoms with E-state index >= 15 is 0 Å². The first-order valence-corrected chi connectivity index (χ1v) is 5.52. The number of allylic oxidation sites excluding steroid dienone is 1. The lowest BCUT2D eigenvalue weighted by Crippen LogP contribution is -2.36. The van der Waals surface area contributed by atoms with E-state index in [2.05, 4.69) is 6.58 Å². The fourth-order valence-electron chi connectivity index (χ4n) is 2.08. The van der Waals surface area contributed by atoms with Crippen LogP contribution in [0.2, 0.25) is 0 Å². The van der Waals surface area contributed by atoms with Gasteiger partial charge in [0.1, 0.15) is 0 Å². The monoisotopic (exact) mass is 227 g/mol. The first-order chi connectivity index (χ1) is 8.07. The summed E-state index contributed by atoms with van der Waals surface area (Å²) in [5.74, 6) is 0. The Labute approximate surface area is 101 Å². The highest BCUT2D eigenvalue weighted by atomic mass is 14.7. The van der Waals surface area contributed by atoms with Gasteiger partial charge in [0.25, 0.3) is 0 Å². The number of hydrogen-bond acceptors (Lipinski definition) is 3. The molecule has 1 aromatic carbocycles. The Bertz CT molecular complexity index is 514. The van der Waals surface area contributed by atoms with Gasteiger partial charge in [-0.15, -0.1) is 0 Å². The third-order valence-electron chi connectivity index (χ3n) is 3.09. The molecule has 0 amide bonds. The molecule has 0 heterocycles. The topological polar surface area (TPSA) is 78.1 Å². The number of nitrogens with two attached hydrogens (primary N) is 3. The molecular formula is C14H17N3. The number of anilines is 1. The summed E-state index contributed by atoms with van der Waals surface area (Å²) in [6, 6.07) is 5.73. The van der Waals surface area contributed by atoms with Gasteiger partial charge in [0.2, 0.25) is 0 Å². The molecule has 1 unspecified atom stereocenters. The molecule has 0 bridgehead atoms. The van der Waals surface area contributed by atoms with Gasteiger partial charge in [-0.25, -0.2) is 0 Å². The quantitative estimate of drug-likeness (QED) is 0.675. The van der Waals surface area contributed by atoms with Gasteiger partial charge in [-0.2, -0.15) is 0 Å². The molecule has 1 aromatic rings. The predicted octanol–water partition coefficient (Wildman–Crippen LogP) is 1.87. The van der Waals surface area contributed by atoms with Crippen LogP contribution in [0.15, 0.2) is 48.7 Å². The van der Waals surface area contributed by atoms with Crippen LogP contribution in [0.25, 0.3) is 6.08 Å². The fourth-order valence-corrected chi connectivity index (χ4v) is 2.08. The Hall–Kier alpha value is -2.00. The highest BCUT2D eigenvalue weighted by Crippen LogP contribution is 2.33. The predicted molar refractivity (Wildman–Crippen MR) is 72.8 cm³/mol. The van der Waals surface area contributed by atoms with Crippen LogP contribution in [0, 0.1) is 0 Å². The normalized spacial score (nSPS) is 23.2. The van der Waals surface area contributed by atoms with Crippen molar-refractivity contribution in [2.45, 2.75) is 12.0 Å². The van der Waals surface area contributed by atoms with Crippen LogP contribution >= 0.6 is 0 Å². The van der Waals surface area contributed by atoms with Crippen LogP contribution < -0.4 is 17.2 Å². The van der Waals surface area contributed by atoms with Gasteiger partial charge in [-0.1, -0.05) is 36.9 Å². The van der Waals surface area contributed by atoms with Crippen molar-refractivity contribution in [1.29, 1.82) is 0 Å². The molecule has 3 heteroatoms. The van der Waals surface area contributed by atoms with Crippen LogP contribution in [0.4, 0.5) is 5.69 Å². The number of hydrogen-bond donors (Lipinski definition) is 3. The first kappa shape index (κ1) is 11.5. The highest BCUT2D eigenvalue weighted by Gasteiger charge is 2.27. The number of benzene rings is 1. The largest absolute Gasteiger partial charge is 0.399 e. The van der Waals surface area contributed by atoms with Gasteiger partial charge in [0.05, 0.1) is 5.54 Å². The summed E-state index contributed by atoms with van der Waals surface area (Å²) in [7, 11) is 0. The summed E-state index contributed by atoms with van der Waals surface area (Å²) in [5, 5.41) is 0. The van der Waals surface area contributed by atoms with E-state index in [9.17, 15) is 0 Å². The van der Waals surface area contributed by atoms with Crippen molar-refractivity contribution in [1.82, 2.24) is 0 Å². The van der Waals surface area contributed by atoms with Gasteiger partial charge < -0.3 is 17.2 Å². The van der Waals surface area contributed by atoms with Crippen molar-refractivity contribution in [3.05, 3.63) is 59.8 Å². The molecule has 0 aromatic heterocycles. The third kappa shape index (κ3) is 1.97. The second-order valence-corrected chi connectivity index (χ2v) is 4.29. The molecule has 17 heavy (non-hydrogen) atoms. The summed E-state index contributed by atoms with van der Waals surface area (Å²) in [6.45, 7) is 3.79. The van der Waals surface area contributed by atoms with Gasteiger partial charge >= 0.3 is 0 Å². The molecule has 6 N–H and O–H groups in total. The maximum absolute atomic E-state index is 6.40. The van der Waals surface area contributed by atoms with Crippen molar-refractivity contribution >= 4 is 11.8 Å². The lowest BCUT2D eigenvalue weighted by Gasteiger charge is -2.30. The maximum atomic E-state index is 6.40. The second-order valence-electron chi connectivity index (χ2n) is 4.29. The average Bonchev–Trinajstić information content (AvgIpc) is 2.33. The average molecular weight is 227 g/mol. The SMILES string of the molecule is C=Cc1c(N)cccc1C1(N)C=CC(N)=CC1. The van der Waals surface area contributed by atoms with E-state index in [1.54, 1.807) is 6.08 Å². The van der Waals surface area contributed by atoms with E-state index in [-0.39, 0.29) is 0 Å². The Morgan fingerprint density at radius 1 is 1.29 bits per heavy atom. The molecule has 1 aliphatic carbocycles. The van der Waals surface area contributed by atoms with E-state index in [4.69, 9.17) is 17.2 Å². The van der Waals surface area contributed by atoms with Gasteiger partial charge in [0, 0.05) is 16.9 Å².